The summed E-state index contributed by atoms with van der Waals surface area (Å²) in [6.07, 6.45) is 1.35. The summed E-state index contributed by atoms with van der Waals surface area (Å²) in [5, 5.41) is 10.8. The molecule has 1 aromatic heterocycles. The van der Waals surface area contributed by atoms with Crippen LogP contribution in [0, 0.1) is 10.1 Å². The number of benzene rings is 1. The number of aromatic nitrogens is 1. The van der Waals surface area contributed by atoms with Crippen molar-refractivity contribution in [3.05, 3.63) is 57.9 Å². The number of rotatable bonds is 4. The van der Waals surface area contributed by atoms with Crippen molar-refractivity contribution in [1.29, 1.82) is 0 Å². The largest absolute Gasteiger partial charge is 0.293 e. The lowest BCUT2D eigenvalue weighted by atomic mass is 10.3. The molecular weight excluding hydrogens is 318 g/mol. The van der Waals surface area contributed by atoms with Crippen molar-refractivity contribution in [3.8, 4) is 0 Å². The molecule has 110 valence electrons. The van der Waals surface area contributed by atoms with Crippen LogP contribution in [0.4, 0.5) is 11.4 Å². The van der Waals surface area contributed by atoms with Crippen LogP contribution in [0.1, 0.15) is 0 Å². The monoisotopic (exact) mass is 327 g/mol. The molecule has 0 amide bonds. The second kappa shape index (κ2) is 5.66. The van der Waals surface area contributed by atoms with Crippen molar-refractivity contribution in [1.82, 2.24) is 4.98 Å². The number of hydrogen-bond donors (Lipinski definition) is 0. The van der Waals surface area contributed by atoms with E-state index in [9.17, 15) is 18.5 Å². The third-order valence-electron chi connectivity index (χ3n) is 2.78. The van der Waals surface area contributed by atoms with E-state index in [1.165, 1.54) is 49.6 Å². The first-order chi connectivity index (χ1) is 9.85. The molecule has 0 aliphatic rings. The molecule has 9 heteroatoms. The molecule has 21 heavy (non-hydrogen) atoms. The van der Waals surface area contributed by atoms with Gasteiger partial charge in [-0.15, -0.1) is 0 Å². The average Bonchev–Trinajstić information content (AvgIpc) is 2.46. The maximum Gasteiger partial charge on any atom is 0.293 e. The lowest BCUT2D eigenvalue weighted by Gasteiger charge is -2.19. The molecule has 0 fully saturated rings. The third kappa shape index (κ3) is 2.81. The van der Waals surface area contributed by atoms with Crippen LogP contribution < -0.4 is 4.31 Å². The molecule has 0 saturated heterocycles. The Kier molecular flexibility index (Phi) is 4.10. The zero-order valence-corrected chi connectivity index (χ0v) is 12.4. The number of sulfonamides is 1. The number of pyridine rings is 1. The minimum absolute atomic E-state index is 0.0533. The molecule has 2 aromatic rings. The zero-order valence-electron chi connectivity index (χ0n) is 10.8. The lowest BCUT2D eigenvalue weighted by Crippen LogP contribution is -2.27. The smallest absolute Gasteiger partial charge is 0.262 e. The van der Waals surface area contributed by atoms with Gasteiger partial charge in [0.25, 0.3) is 15.7 Å². The molecule has 0 bridgehead atoms. The summed E-state index contributed by atoms with van der Waals surface area (Å²) in [6, 6.07) is 8.26. The number of halogens is 1. The quantitative estimate of drug-likeness (QED) is 0.488. The summed E-state index contributed by atoms with van der Waals surface area (Å²) in [5.74, 6) is 0. The summed E-state index contributed by atoms with van der Waals surface area (Å²) >= 11 is 5.79. The fourth-order valence-electron chi connectivity index (χ4n) is 1.73. The number of nitro groups is 1. The Balaban J connectivity index is 2.57. The van der Waals surface area contributed by atoms with Gasteiger partial charge < -0.3 is 0 Å². The molecule has 1 aromatic carbocycles. The van der Waals surface area contributed by atoms with Crippen LogP contribution in [0.5, 0.6) is 0 Å². The van der Waals surface area contributed by atoms with Gasteiger partial charge in [-0.2, -0.15) is 0 Å². The molecule has 0 N–H and O–H groups in total. The number of anilines is 1. The standard InChI is InChI=1S/C12H10ClN3O4S/c1-15(9-5-2-3-6-10(9)16(17)18)21(19,20)11-7-4-8-14-12(11)13/h2-8H,1H3. The predicted molar refractivity (Wildman–Crippen MR) is 77.9 cm³/mol. The highest BCUT2D eigenvalue weighted by Crippen LogP contribution is 2.32. The van der Waals surface area contributed by atoms with Crippen LogP contribution >= 0.6 is 11.6 Å². The summed E-state index contributed by atoms with van der Waals surface area (Å²) in [5.41, 5.74) is -0.369. The fraction of sp³-hybridized carbons (Fsp3) is 0.0833. The maximum atomic E-state index is 12.5. The lowest BCUT2D eigenvalue weighted by molar-refractivity contribution is -0.384. The zero-order chi connectivity index (χ0) is 15.6. The van der Waals surface area contributed by atoms with Crippen molar-refractivity contribution in [2.24, 2.45) is 0 Å². The van der Waals surface area contributed by atoms with Gasteiger partial charge >= 0.3 is 0 Å². The number of nitrogens with zero attached hydrogens (tertiary/aromatic N) is 3. The van der Waals surface area contributed by atoms with E-state index in [0.29, 0.717) is 0 Å². The number of hydrogen-bond acceptors (Lipinski definition) is 5. The fourth-order valence-corrected chi connectivity index (χ4v) is 3.36. The van der Waals surface area contributed by atoms with Crippen LogP contribution in [-0.2, 0) is 10.0 Å². The highest BCUT2D eigenvalue weighted by atomic mass is 35.5. The van der Waals surface area contributed by atoms with E-state index < -0.39 is 14.9 Å². The molecule has 0 spiro atoms. The molecular formula is C12H10ClN3O4S. The molecule has 0 radical (unpaired) electrons. The molecule has 0 atom stereocenters. The first-order valence-corrected chi connectivity index (χ1v) is 7.50. The molecule has 0 aliphatic carbocycles. The van der Waals surface area contributed by atoms with Gasteiger partial charge in [0.1, 0.15) is 15.7 Å². The van der Waals surface area contributed by atoms with E-state index in [1.807, 2.05) is 0 Å². The van der Waals surface area contributed by atoms with Crippen molar-refractivity contribution < 1.29 is 13.3 Å². The molecule has 0 aliphatic heterocycles. The van der Waals surface area contributed by atoms with Gasteiger partial charge in [-0.1, -0.05) is 23.7 Å². The Labute approximate surface area is 126 Å². The summed E-state index contributed by atoms with van der Waals surface area (Å²) in [4.78, 5) is 13.8. The third-order valence-corrected chi connectivity index (χ3v) is 5.00. The Morgan fingerprint density at radius 3 is 2.52 bits per heavy atom. The first kappa shape index (κ1) is 15.2. The predicted octanol–water partition coefficient (Wildman–Crippen LogP) is 2.47. The van der Waals surface area contributed by atoms with Gasteiger partial charge in [0.2, 0.25) is 0 Å². The van der Waals surface area contributed by atoms with Gasteiger partial charge in [-0.3, -0.25) is 14.4 Å². The van der Waals surface area contributed by atoms with Crippen LogP contribution in [0.15, 0.2) is 47.5 Å². The van der Waals surface area contributed by atoms with Gasteiger partial charge in [0.15, 0.2) is 0 Å². The summed E-state index contributed by atoms with van der Waals surface area (Å²) in [6.45, 7) is 0. The van der Waals surface area contributed by atoms with Crippen molar-refractivity contribution in [2.75, 3.05) is 11.4 Å². The summed E-state index contributed by atoms with van der Waals surface area (Å²) in [7, 11) is -2.82. The van der Waals surface area contributed by atoms with Gasteiger partial charge in [-0.25, -0.2) is 13.4 Å². The molecule has 0 unspecified atom stereocenters. The second-order valence-corrected chi connectivity index (χ2v) is 6.31. The van der Waals surface area contributed by atoms with Gasteiger partial charge in [0, 0.05) is 19.3 Å². The first-order valence-electron chi connectivity index (χ1n) is 5.68. The van der Waals surface area contributed by atoms with E-state index in [4.69, 9.17) is 11.6 Å². The Hall–Kier alpha value is -2.19. The van der Waals surface area contributed by atoms with Crippen molar-refractivity contribution >= 4 is 33.0 Å². The molecule has 0 saturated carbocycles. The van der Waals surface area contributed by atoms with Gasteiger partial charge in [-0.05, 0) is 18.2 Å². The van der Waals surface area contributed by atoms with Crippen LogP contribution in [0.25, 0.3) is 0 Å². The Morgan fingerprint density at radius 1 is 1.24 bits per heavy atom. The second-order valence-electron chi connectivity index (χ2n) is 4.01. The highest BCUT2D eigenvalue weighted by Gasteiger charge is 2.28. The van der Waals surface area contributed by atoms with E-state index in [-0.39, 0.29) is 21.4 Å². The van der Waals surface area contributed by atoms with Crippen LogP contribution in [0.3, 0.4) is 0 Å². The highest BCUT2D eigenvalue weighted by molar-refractivity contribution is 7.93. The van der Waals surface area contributed by atoms with Crippen molar-refractivity contribution in [3.63, 3.8) is 0 Å². The number of para-hydroxylation sites is 2. The van der Waals surface area contributed by atoms with Crippen molar-refractivity contribution in [2.45, 2.75) is 4.90 Å². The minimum atomic E-state index is -4.04. The normalized spacial score (nSPS) is 11.1. The molecule has 1 heterocycles. The van der Waals surface area contributed by atoms with E-state index >= 15 is 0 Å². The molecule has 7 nitrogen and oxygen atoms in total. The van der Waals surface area contributed by atoms with Crippen LogP contribution in [-0.4, -0.2) is 25.4 Å². The molecule has 2 rings (SSSR count). The minimum Gasteiger partial charge on any atom is -0.262 e. The van der Waals surface area contributed by atoms with E-state index in [1.54, 1.807) is 0 Å². The maximum absolute atomic E-state index is 12.5. The van der Waals surface area contributed by atoms with E-state index in [0.717, 1.165) is 4.31 Å². The Bertz CT molecular complexity index is 795. The SMILES string of the molecule is CN(c1ccccc1[N+](=O)[O-])S(=O)(=O)c1cccnc1Cl. The van der Waals surface area contributed by atoms with Gasteiger partial charge in [0.05, 0.1) is 4.92 Å². The van der Waals surface area contributed by atoms with Crippen LogP contribution in [0.2, 0.25) is 5.15 Å². The van der Waals surface area contributed by atoms with E-state index in [2.05, 4.69) is 4.98 Å². The Morgan fingerprint density at radius 2 is 1.90 bits per heavy atom. The number of nitro benzene ring substituents is 1. The summed E-state index contributed by atoms with van der Waals surface area (Å²) < 4.78 is 25.8. The average molecular weight is 328 g/mol. The topological polar surface area (TPSA) is 93.4 Å².